The molecule has 3 rings (SSSR count). The number of nitrogens with zero attached hydrogens (tertiary/aromatic N) is 2. The minimum atomic E-state index is 0.109. The van der Waals surface area contributed by atoms with Gasteiger partial charge in [0.05, 0.1) is 12.7 Å². The van der Waals surface area contributed by atoms with Gasteiger partial charge in [-0.2, -0.15) is 0 Å². The van der Waals surface area contributed by atoms with Crippen molar-refractivity contribution in [1.82, 2.24) is 9.80 Å². The topological polar surface area (TPSA) is 32.8 Å². The Balaban J connectivity index is 1.85. The van der Waals surface area contributed by atoms with Crippen molar-refractivity contribution in [3.8, 4) is 5.75 Å². The summed E-state index contributed by atoms with van der Waals surface area (Å²) in [5.41, 5.74) is 1.79. The maximum absolute atomic E-state index is 12.7. The molecule has 0 saturated carbocycles. The first-order chi connectivity index (χ1) is 9.10. The Bertz CT molecular complexity index is 513. The standard InChI is InChI=1S/C15H20N2O2/c1-10-4-5-13(14(6-10)19-3)15(18)17-9-11-7-12(17)8-16(11)2/h4-6,11-12H,7-9H2,1-3H3. The number of likely N-dealkylation sites (N-methyl/N-ethyl adjacent to an activating group) is 1. The second-order valence-electron chi connectivity index (χ2n) is 5.64. The van der Waals surface area contributed by atoms with Crippen LogP contribution in [0.5, 0.6) is 5.75 Å². The lowest BCUT2D eigenvalue weighted by Gasteiger charge is -2.32. The van der Waals surface area contributed by atoms with Gasteiger partial charge in [0.2, 0.25) is 0 Å². The van der Waals surface area contributed by atoms with Crippen molar-refractivity contribution >= 4 is 5.91 Å². The van der Waals surface area contributed by atoms with Crippen molar-refractivity contribution in [3.05, 3.63) is 29.3 Å². The number of fused-ring (bicyclic) bond motifs is 2. The molecule has 0 radical (unpaired) electrons. The molecule has 19 heavy (non-hydrogen) atoms. The van der Waals surface area contributed by atoms with Gasteiger partial charge in [-0.25, -0.2) is 0 Å². The zero-order valence-corrected chi connectivity index (χ0v) is 11.7. The summed E-state index contributed by atoms with van der Waals surface area (Å²) in [4.78, 5) is 17.0. The molecule has 2 saturated heterocycles. The molecule has 0 aromatic heterocycles. The summed E-state index contributed by atoms with van der Waals surface area (Å²) < 4.78 is 5.35. The third kappa shape index (κ3) is 2.00. The average molecular weight is 260 g/mol. The van der Waals surface area contributed by atoms with Crippen LogP contribution in [0.15, 0.2) is 18.2 Å². The molecule has 2 heterocycles. The second-order valence-corrected chi connectivity index (χ2v) is 5.64. The number of methoxy groups -OCH3 is 1. The highest BCUT2D eigenvalue weighted by Gasteiger charge is 2.44. The fourth-order valence-electron chi connectivity index (χ4n) is 3.24. The number of amides is 1. The number of rotatable bonds is 2. The van der Waals surface area contributed by atoms with E-state index < -0.39 is 0 Å². The lowest BCUT2D eigenvalue weighted by Crippen LogP contribution is -2.47. The van der Waals surface area contributed by atoms with Crippen molar-refractivity contribution < 1.29 is 9.53 Å². The maximum atomic E-state index is 12.7. The van der Waals surface area contributed by atoms with Crippen LogP contribution >= 0.6 is 0 Å². The van der Waals surface area contributed by atoms with E-state index in [4.69, 9.17) is 4.74 Å². The Hall–Kier alpha value is -1.55. The molecule has 4 heteroatoms. The molecule has 2 atom stereocenters. The lowest BCUT2D eigenvalue weighted by molar-refractivity contribution is 0.0647. The Kier molecular flexibility index (Phi) is 2.97. The fourth-order valence-corrected chi connectivity index (χ4v) is 3.24. The van der Waals surface area contributed by atoms with E-state index >= 15 is 0 Å². The molecule has 1 aromatic rings. The van der Waals surface area contributed by atoms with E-state index in [0.717, 1.165) is 25.1 Å². The number of carbonyl (C=O) groups is 1. The number of likely N-dealkylation sites (tertiary alicyclic amines) is 2. The molecule has 1 aromatic carbocycles. The number of hydrogen-bond donors (Lipinski definition) is 0. The van der Waals surface area contributed by atoms with Gasteiger partial charge in [-0.15, -0.1) is 0 Å². The predicted molar refractivity (Wildman–Crippen MR) is 73.6 cm³/mol. The summed E-state index contributed by atoms with van der Waals surface area (Å²) in [5, 5.41) is 0. The maximum Gasteiger partial charge on any atom is 0.257 e. The second kappa shape index (κ2) is 4.53. The minimum Gasteiger partial charge on any atom is -0.496 e. The van der Waals surface area contributed by atoms with Gasteiger partial charge in [0.15, 0.2) is 0 Å². The number of piperazine rings is 1. The Labute approximate surface area is 113 Å². The first-order valence-electron chi connectivity index (χ1n) is 6.76. The summed E-state index contributed by atoms with van der Waals surface area (Å²) in [6.07, 6.45) is 1.11. The summed E-state index contributed by atoms with van der Waals surface area (Å²) in [7, 11) is 3.76. The first kappa shape index (κ1) is 12.5. The van der Waals surface area contributed by atoms with Crippen molar-refractivity contribution in [2.24, 2.45) is 0 Å². The quantitative estimate of drug-likeness (QED) is 0.808. The molecule has 0 N–H and O–H groups in total. The zero-order valence-electron chi connectivity index (χ0n) is 11.7. The van der Waals surface area contributed by atoms with E-state index in [1.165, 1.54) is 0 Å². The number of aryl methyl sites for hydroxylation is 1. The first-order valence-corrected chi connectivity index (χ1v) is 6.76. The van der Waals surface area contributed by atoms with Crippen LogP contribution in [-0.2, 0) is 0 Å². The highest BCUT2D eigenvalue weighted by molar-refractivity contribution is 5.97. The van der Waals surface area contributed by atoms with Crippen molar-refractivity contribution in [2.45, 2.75) is 25.4 Å². The minimum absolute atomic E-state index is 0.109. The third-order valence-electron chi connectivity index (χ3n) is 4.36. The summed E-state index contributed by atoms with van der Waals surface area (Å²) >= 11 is 0. The van der Waals surface area contributed by atoms with Gasteiger partial charge in [-0.1, -0.05) is 6.07 Å². The van der Waals surface area contributed by atoms with Crippen LogP contribution in [-0.4, -0.2) is 55.0 Å². The fraction of sp³-hybridized carbons (Fsp3) is 0.533. The molecule has 1 amide bonds. The van der Waals surface area contributed by atoms with Crippen LogP contribution in [0.4, 0.5) is 0 Å². The molecular formula is C15H20N2O2. The van der Waals surface area contributed by atoms with Crippen LogP contribution in [0.1, 0.15) is 22.3 Å². The van der Waals surface area contributed by atoms with E-state index in [0.29, 0.717) is 23.4 Å². The smallest absolute Gasteiger partial charge is 0.257 e. The van der Waals surface area contributed by atoms with E-state index in [9.17, 15) is 4.79 Å². The number of carbonyl (C=O) groups excluding carboxylic acids is 1. The monoisotopic (exact) mass is 260 g/mol. The lowest BCUT2D eigenvalue weighted by atomic mass is 10.1. The van der Waals surface area contributed by atoms with Crippen molar-refractivity contribution in [2.75, 3.05) is 27.2 Å². The van der Waals surface area contributed by atoms with Crippen molar-refractivity contribution in [3.63, 3.8) is 0 Å². The molecule has 0 spiro atoms. The largest absolute Gasteiger partial charge is 0.496 e. The predicted octanol–water partition coefficient (Wildman–Crippen LogP) is 1.53. The molecule has 4 nitrogen and oxygen atoms in total. The number of hydrogen-bond acceptors (Lipinski definition) is 3. The molecule has 2 aliphatic heterocycles. The van der Waals surface area contributed by atoms with Crippen LogP contribution in [0.2, 0.25) is 0 Å². The molecule has 2 bridgehead atoms. The van der Waals surface area contributed by atoms with Gasteiger partial charge in [0.1, 0.15) is 5.75 Å². The normalized spacial score (nSPS) is 25.9. The summed E-state index contributed by atoms with van der Waals surface area (Å²) in [6, 6.07) is 6.68. The van der Waals surface area contributed by atoms with Gasteiger partial charge < -0.3 is 9.64 Å². The number of ether oxygens (including phenoxy) is 1. The molecule has 2 unspecified atom stereocenters. The molecule has 2 aliphatic rings. The number of benzene rings is 1. The summed E-state index contributed by atoms with van der Waals surface area (Å²) in [6.45, 7) is 3.84. The highest BCUT2D eigenvalue weighted by Crippen LogP contribution is 2.32. The van der Waals surface area contributed by atoms with Gasteiger partial charge >= 0.3 is 0 Å². The van der Waals surface area contributed by atoms with Crippen molar-refractivity contribution in [1.29, 1.82) is 0 Å². The van der Waals surface area contributed by atoms with Crippen LogP contribution in [0.3, 0.4) is 0 Å². The SMILES string of the molecule is COc1cc(C)ccc1C(=O)N1CC2CC1CN2C. The van der Waals surface area contributed by atoms with E-state index in [1.54, 1.807) is 7.11 Å². The molecular weight excluding hydrogens is 240 g/mol. The molecule has 0 aliphatic carbocycles. The van der Waals surface area contributed by atoms with E-state index in [2.05, 4.69) is 11.9 Å². The highest BCUT2D eigenvalue weighted by atomic mass is 16.5. The van der Waals surface area contributed by atoms with E-state index in [-0.39, 0.29) is 5.91 Å². The van der Waals surface area contributed by atoms with E-state index in [1.807, 2.05) is 30.0 Å². The Morgan fingerprint density at radius 1 is 1.32 bits per heavy atom. The van der Waals surface area contributed by atoms with Gasteiger partial charge in [-0.3, -0.25) is 9.69 Å². The third-order valence-corrected chi connectivity index (χ3v) is 4.36. The Morgan fingerprint density at radius 3 is 2.68 bits per heavy atom. The Morgan fingerprint density at radius 2 is 2.11 bits per heavy atom. The average Bonchev–Trinajstić information content (AvgIpc) is 2.96. The zero-order chi connectivity index (χ0) is 13.6. The molecule has 102 valence electrons. The summed E-state index contributed by atoms with van der Waals surface area (Å²) in [5.74, 6) is 0.790. The van der Waals surface area contributed by atoms with Crippen LogP contribution < -0.4 is 4.74 Å². The van der Waals surface area contributed by atoms with Gasteiger partial charge in [0, 0.05) is 25.2 Å². The van der Waals surface area contributed by atoms with Gasteiger partial charge in [-0.05, 0) is 38.1 Å². The van der Waals surface area contributed by atoms with Crippen LogP contribution in [0, 0.1) is 6.92 Å². The van der Waals surface area contributed by atoms with Crippen LogP contribution in [0.25, 0.3) is 0 Å². The van der Waals surface area contributed by atoms with Gasteiger partial charge in [0.25, 0.3) is 5.91 Å². The molecule has 2 fully saturated rings.